The minimum absolute atomic E-state index is 0.0750. The molecule has 1 N–H and O–H groups in total. The summed E-state index contributed by atoms with van der Waals surface area (Å²) in [5.74, 6) is 1.73. The van der Waals surface area contributed by atoms with Crippen LogP contribution >= 0.6 is 0 Å². The number of carbonyl (C=O) groups is 1. The predicted molar refractivity (Wildman–Crippen MR) is 96.8 cm³/mol. The van der Waals surface area contributed by atoms with E-state index >= 15 is 0 Å². The Morgan fingerprint density at radius 2 is 2.04 bits per heavy atom. The number of carbonyl (C=O) groups excluding carboxylic acids is 1. The lowest BCUT2D eigenvalue weighted by Crippen LogP contribution is -2.46. The highest BCUT2D eigenvalue weighted by molar-refractivity contribution is 5.73. The summed E-state index contributed by atoms with van der Waals surface area (Å²) in [4.78, 5) is 20.9. The number of nitrogens with zero attached hydrogens (tertiary/aromatic N) is 4. The lowest BCUT2D eigenvalue weighted by atomic mass is 10.2. The fraction of sp³-hybridized carbons (Fsp3) is 0.833. The standard InChI is InChI=1S/C18H31N5O3/c1-4-23(12-16-20-17(26-21-16)15-6-7-15)18(24)19-8-5-9-22-10-13(2)25-14(3)11-22/h13-15H,4-12H2,1-3H3,(H,19,24)/t13-,14+. The van der Waals surface area contributed by atoms with Crippen molar-refractivity contribution in [1.29, 1.82) is 0 Å². The lowest BCUT2D eigenvalue weighted by Gasteiger charge is -2.35. The SMILES string of the molecule is CCN(Cc1noc(C2CC2)n1)C(=O)NCCCN1C[C@@H](C)O[C@@H](C)C1. The van der Waals surface area contributed by atoms with E-state index in [0.29, 0.717) is 37.3 Å². The van der Waals surface area contributed by atoms with Crippen LogP contribution in [0.3, 0.4) is 0 Å². The first-order valence-electron chi connectivity index (χ1n) is 9.78. The molecule has 8 nitrogen and oxygen atoms in total. The van der Waals surface area contributed by atoms with Crippen molar-refractivity contribution in [1.82, 2.24) is 25.3 Å². The highest BCUT2D eigenvalue weighted by atomic mass is 16.5. The van der Waals surface area contributed by atoms with Gasteiger partial charge in [-0.3, -0.25) is 4.90 Å². The van der Waals surface area contributed by atoms with Crippen molar-refractivity contribution in [3.8, 4) is 0 Å². The highest BCUT2D eigenvalue weighted by Gasteiger charge is 2.30. The minimum atomic E-state index is -0.0750. The number of nitrogens with one attached hydrogen (secondary N) is 1. The topological polar surface area (TPSA) is 83.7 Å². The van der Waals surface area contributed by atoms with Crippen molar-refractivity contribution in [2.24, 2.45) is 0 Å². The zero-order chi connectivity index (χ0) is 18.5. The average molecular weight is 365 g/mol. The molecule has 2 fully saturated rings. The van der Waals surface area contributed by atoms with Gasteiger partial charge in [-0.1, -0.05) is 5.16 Å². The summed E-state index contributed by atoms with van der Waals surface area (Å²) in [6.07, 6.45) is 3.73. The van der Waals surface area contributed by atoms with Gasteiger partial charge in [0.2, 0.25) is 5.89 Å². The van der Waals surface area contributed by atoms with Crippen LogP contribution in [-0.2, 0) is 11.3 Å². The van der Waals surface area contributed by atoms with Crippen LogP contribution in [0.4, 0.5) is 4.79 Å². The molecule has 26 heavy (non-hydrogen) atoms. The molecule has 0 spiro atoms. The molecule has 0 bridgehead atoms. The van der Waals surface area contributed by atoms with E-state index in [1.807, 2.05) is 6.92 Å². The fourth-order valence-electron chi connectivity index (χ4n) is 3.40. The van der Waals surface area contributed by atoms with Gasteiger partial charge < -0.3 is 19.5 Å². The monoisotopic (exact) mass is 365 g/mol. The molecule has 1 saturated carbocycles. The third kappa shape index (κ3) is 5.41. The number of hydrogen-bond donors (Lipinski definition) is 1. The Hall–Kier alpha value is -1.67. The molecule has 2 atom stereocenters. The molecule has 2 amide bonds. The van der Waals surface area contributed by atoms with Crippen molar-refractivity contribution >= 4 is 6.03 Å². The van der Waals surface area contributed by atoms with Crippen LogP contribution in [0.1, 0.15) is 57.7 Å². The van der Waals surface area contributed by atoms with E-state index in [1.165, 1.54) is 0 Å². The maximum atomic E-state index is 12.4. The fourth-order valence-corrected chi connectivity index (χ4v) is 3.40. The molecule has 1 aromatic rings. The maximum absolute atomic E-state index is 12.4. The molecular weight excluding hydrogens is 334 g/mol. The Morgan fingerprint density at radius 1 is 1.31 bits per heavy atom. The van der Waals surface area contributed by atoms with Gasteiger partial charge in [0.25, 0.3) is 0 Å². The number of aromatic nitrogens is 2. The van der Waals surface area contributed by atoms with Crippen LogP contribution in [0.15, 0.2) is 4.52 Å². The summed E-state index contributed by atoms with van der Waals surface area (Å²) in [6.45, 7) is 10.7. The van der Waals surface area contributed by atoms with E-state index < -0.39 is 0 Å². The summed E-state index contributed by atoms with van der Waals surface area (Å²) in [6, 6.07) is -0.0750. The van der Waals surface area contributed by atoms with Crippen LogP contribution in [0.5, 0.6) is 0 Å². The number of hydrogen-bond acceptors (Lipinski definition) is 6. The van der Waals surface area contributed by atoms with Crippen LogP contribution < -0.4 is 5.32 Å². The first kappa shape index (κ1) is 19.1. The second-order valence-electron chi connectivity index (χ2n) is 7.44. The average Bonchev–Trinajstić information content (AvgIpc) is 3.34. The van der Waals surface area contributed by atoms with Crippen LogP contribution in [0.2, 0.25) is 0 Å². The van der Waals surface area contributed by atoms with Gasteiger partial charge in [0.15, 0.2) is 5.82 Å². The van der Waals surface area contributed by atoms with Crippen molar-refractivity contribution < 1.29 is 14.1 Å². The van der Waals surface area contributed by atoms with Crippen LogP contribution in [0.25, 0.3) is 0 Å². The van der Waals surface area contributed by atoms with E-state index in [-0.39, 0.29) is 18.2 Å². The first-order valence-corrected chi connectivity index (χ1v) is 9.78. The van der Waals surface area contributed by atoms with Gasteiger partial charge in [-0.05, 0) is 40.0 Å². The van der Waals surface area contributed by atoms with E-state index in [1.54, 1.807) is 4.90 Å². The van der Waals surface area contributed by atoms with Gasteiger partial charge in [-0.25, -0.2) is 4.79 Å². The second kappa shape index (κ2) is 8.81. The van der Waals surface area contributed by atoms with Crippen molar-refractivity contribution in [3.63, 3.8) is 0 Å². The zero-order valence-electron chi connectivity index (χ0n) is 16.1. The molecule has 2 aliphatic rings. The predicted octanol–water partition coefficient (Wildman–Crippen LogP) is 1.98. The lowest BCUT2D eigenvalue weighted by molar-refractivity contribution is -0.0679. The number of morpholine rings is 1. The molecule has 1 saturated heterocycles. The molecule has 1 aliphatic carbocycles. The Morgan fingerprint density at radius 3 is 2.69 bits per heavy atom. The molecule has 3 rings (SSSR count). The number of amides is 2. The third-order valence-electron chi connectivity index (χ3n) is 4.83. The maximum Gasteiger partial charge on any atom is 0.317 e. The van der Waals surface area contributed by atoms with Gasteiger partial charge in [0.1, 0.15) is 0 Å². The number of urea groups is 1. The summed E-state index contributed by atoms with van der Waals surface area (Å²) in [7, 11) is 0. The number of ether oxygens (including phenoxy) is 1. The van der Waals surface area contributed by atoms with Gasteiger partial charge in [0, 0.05) is 38.6 Å². The van der Waals surface area contributed by atoms with Gasteiger partial charge in [-0.2, -0.15) is 4.98 Å². The Bertz CT molecular complexity index is 579. The summed E-state index contributed by atoms with van der Waals surface area (Å²) in [5.41, 5.74) is 0. The van der Waals surface area contributed by atoms with Gasteiger partial charge in [0.05, 0.1) is 18.8 Å². The molecule has 146 valence electrons. The summed E-state index contributed by atoms with van der Waals surface area (Å²) >= 11 is 0. The third-order valence-corrected chi connectivity index (χ3v) is 4.83. The highest BCUT2D eigenvalue weighted by Crippen LogP contribution is 2.38. The molecule has 0 aromatic carbocycles. The quantitative estimate of drug-likeness (QED) is 0.709. The first-order chi connectivity index (χ1) is 12.5. The largest absolute Gasteiger partial charge is 0.373 e. The molecule has 0 radical (unpaired) electrons. The van der Waals surface area contributed by atoms with Crippen LogP contribution in [0, 0.1) is 0 Å². The Balaban J connectivity index is 1.36. The second-order valence-corrected chi connectivity index (χ2v) is 7.44. The Labute approximate surface area is 155 Å². The van der Waals surface area contributed by atoms with Crippen molar-refractivity contribution in [3.05, 3.63) is 11.7 Å². The van der Waals surface area contributed by atoms with E-state index in [2.05, 4.69) is 34.2 Å². The smallest absolute Gasteiger partial charge is 0.317 e. The Kier molecular flexibility index (Phi) is 6.48. The molecule has 1 aliphatic heterocycles. The van der Waals surface area contributed by atoms with Gasteiger partial charge >= 0.3 is 6.03 Å². The molecule has 0 unspecified atom stereocenters. The van der Waals surface area contributed by atoms with E-state index in [4.69, 9.17) is 9.26 Å². The van der Waals surface area contributed by atoms with Crippen molar-refractivity contribution in [2.45, 2.75) is 64.7 Å². The normalized spacial score (nSPS) is 23.8. The number of rotatable bonds is 8. The van der Waals surface area contributed by atoms with Crippen LogP contribution in [-0.4, -0.2) is 70.9 Å². The van der Waals surface area contributed by atoms with E-state index in [9.17, 15) is 4.79 Å². The molecule has 2 heterocycles. The minimum Gasteiger partial charge on any atom is -0.373 e. The summed E-state index contributed by atoms with van der Waals surface area (Å²) in [5, 5.41) is 6.99. The molecule has 1 aromatic heterocycles. The van der Waals surface area contributed by atoms with Gasteiger partial charge in [-0.15, -0.1) is 0 Å². The van der Waals surface area contributed by atoms with E-state index in [0.717, 1.165) is 38.9 Å². The van der Waals surface area contributed by atoms with Crippen molar-refractivity contribution in [2.75, 3.05) is 32.7 Å². The summed E-state index contributed by atoms with van der Waals surface area (Å²) < 4.78 is 11.0. The molecular formula is C18H31N5O3. The zero-order valence-corrected chi connectivity index (χ0v) is 16.1. The molecule has 8 heteroatoms.